The Morgan fingerprint density at radius 2 is 2.00 bits per heavy atom. The smallest absolute Gasteiger partial charge is 0.0670 e. The zero-order valence-corrected chi connectivity index (χ0v) is 13.2. The first-order valence-corrected chi connectivity index (χ1v) is 7.55. The Hall–Kier alpha value is -1.72. The lowest BCUT2D eigenvalue weighted by molar-refractivity contribution is 0.202. The summed E-state index contributed by atoms with van der Waals surface area (Å²) in [6.45, 7) is 6.73. The molecule has 0 fully saturated rings. The Labute approximate surface area is 126 Å². The van der Waals surface area contributed by atoms with Crippen molar-refractivity contribution in [2.75, 3.05) is 13.1 Å². The number of hydrogen-bond acceptors (Lipinski definition) is 4. The van der Waals surface area contributed by atoms with Crippen LogP contribution in [0.2, 0.25) is 0 Å². The van der Waals surface area contributed by atoms with Crippen molar-refractivity contribution >= 4 is 0 Å². The van der Waals surface area contributed by atoms with Crippen molar-refractivity contribution in [1.29, 1.82) is 0 Å². The van der Waals surface area contributed by atoms with E-state index in [0.717, 1.165) is 25.2 Å². The van der Waals surface area contributed by atoms with E-state index >= 15 is 0 Å². The predicted molar refractivity (Wildman–Crippen MR) is 84.7 cm³/mol. The van der Waals surface area contributed by atoms with Gasteiger partial charge in [0, 0.05) is 44.3 Å². The van der Waals surface area contributed by atoms with Crippen molar-refractivity contribution in [2.24, 2.45) is 12.8 Å². The normalized spacial score (nSPS) is 12.8. The summed E-state index contributed by atoms with van der Waals surface area (Å²) >= 11 is 0. The fraction of sp³-hybridized carbons (Fsp3) is 0.500. The zero-order valence-electron chi connectivity index (χ0n) is 13.2. The fourth-order valence-electron chi connectivity index (χ4n) is 2.74. The molecule has 2 N–H and O–H groups in total. The van der Waals surface area contributed by atoms with Gasteiger partial charge >= 0.3 is 0 Å². The third kappa shape index (κ3) is 3.68. The van der Waals surface area contributed by atoms with Gasteiger partial charge in [-0.2, -0.15) is 5.10 Å². The van der Waals surface area contributed by atoms with E-state index in [1.165, 1.54) is 11.1 Å². The second kappa shape index (κ2) is 7.33. The SMILES string of the molecule is CCc1nn(C)cc1C(CN)N(CC)Cc1ccncc1. The molecule has 0 bridgehead atoms. The summed E-state index contributed by atoms with van der Waals surface area (Å²) in [4.78, 5) is 6.47. The van der Waals surface area contributed by atoms with Gasteiger partial charge in [0.25, 0.3) is 0 Å². The molecule has 0 amide bonds. The minimum atomic E-state index is 0.201. The lowest BCUT2D eigenvalue weighted by atomic mass is 10.0. The highest BCUT2D eigenvalue weighted by Gasteiger charge is 2.22. The van der Waals surface area contributed by atoms with E-state index in [1.54, 1.807) is 0 Å². The molecule has 0 aliphatic rings. The molecule has 2 aromatic heterocycles. The zero-order chi connectivity index (χ0) is 15.2. The number of aryl methyl sites for hydroxylation is 2. The average Bonchev–Trinajstić information content (AvgIpc) is 2.89. The average molecular weight is 287 g/mol. The molecule has 0 spiro atoms. The number of nitrogens with two attached hydrogens (primary N) is 1. The standard InChI is InChI=1S/C16H25N5/c1-4-15-14(12-20(3)19-15)16(10-17)21(5-2)11-13-6-8-18-9-7-13/h6-9,12,16H,4-5,10-11,17H2,1-3H3. The van der Waals surface area contributed by atoms with Crippen LogP contribution in [-0.4, -0.2) is 32.8 Å². The van der Waals surface area contributed by atoms with Crippen molar-refractivity contribution in [3.05, 3.63) is 47.5 Å². The van der Waals surface area contributed by atoms with Crippen molar-refractivity contribution in [1.82, 2.24) is 19.7 Å². The fourth-order valence-corrected chi connectivity index (χ4v) is 2.74. The minimum Gasteiger partial charge on any atom is -0.329 e. The largest absolute Gasteiger partial charge is 0.329 e. The molecule has 114 valence electrons. The summed E-state index contributed by atoms with van der Waals surface area (Å²) in [6.07, 6.45) is 6.70. The van der Waals surface area contributed by atoms with Crippen LogP contribution in [-0.2, 0) is 20.0 Å². The van der Waals surface area contributed by atoms with Gasteiger partial charge in [-0.05, 0) is 30.7 Å². The predicted octanol–water partition coefficient (Wildman–Crippen LogP) is 1.90. The van der Waals surface area contributed by atoms with E-state index in [9.17, 15) is 0 Å². The van der Waals surface area contributed by atoms with Crippen LogP contribution in [0.3, 0.4) is 0 Å². The molecule has 0 aliphatic carbocycles. The maximum absolute atomic E-state index is 6.08. The first kappa shape index (κ1) is 15.7. The van der Waals surface area contributed by atoms with Crippen molar-refractivity contribution in [2.45, 2.75) is 32.9 Å². The van der Waals surface area contributed by atoms with Crippen molar-refractivity contribution in [3.8, 4) is 0 Å². The number of aromatic nitrogens is 3. The van der Waals surface area contributed by atoms with E-state index in [4.69, 9.17) is 5.73 Å². The molecule has 0 aliphatic heterocycles. The molecule has 0 aromatic carbocycles. The third-order valence-corrected chi connectivity index (χ3v) is 3.84. The van der Waals surface area contributed by atoms with Crippen molar-refractivity contribution < 1.29 is 0 Å². The molecule has 2 aromatic rings. The quantitative estimate of drug-likeness (QED) is 0.845. The molecule has 2 rings (SSSR count). The van der Waals surface area contributed by atoms with Crippen LogP contribution >= 0.6 is 0 Å². The van der Waals surface area contributed by atoms with Gasteiger partial charge < -0.3 is 5.73 Å². The van der Waals surface area contributed by atoms with Crippen LogP contribution in [0.15, 0.2) is 30.7 Å². The number of nitrogens with zero attached hydrogens (tertiary/aromatic N) is 4. The van der Waals surface area contributed by atoms with E-state index in [-0.39, 0.29) is 6.04 Å². The molecule has 5 nitrogen and oxygen atoms in total. The van der Waals surface area contributed by atoms with Crippen LogP contribution in [0.4, 0.5) is 0 Å². The number of hydrogen-bond donors (Lipinski definition) is 1. The molecule has 5 heteroatoms. The highest BCUT2D eigenvalue weighted by Crippen LogP contribution is 2.24. The Balaban J connectivity index is 2.24. The van der Waals surface area contributed by atoms with Gasteiger partial charge in [0.1, 0.15) is 0 Å². The summed E-state index contributed by atoms with van der Waals surface area (Å²) in [5, 5.41) is 4.55. The van der Waals surface area contributed by atoms with Crippen LogP contribution in [0.25, 0.3) is 0 Å². The van der Waals surface area contributed by atoms with E-state index in [1.807, 2.05) is 24.1 Å². The first-order chi connectivity index (χ1) is 10.2. The number of pyridine rings is 1. The Morgan fingerprint density at radius 1 is 1.29 bits per heavy atom. The Kier molecular flexibility index (Phi) is 5.47. The summed E-state index contributed by atoms with van der Waals surface area (Å²) in [5.41, 5.74) is 9.72. The van der Waals surface area contributed by atoms with Crippen LogP contribution in [0, 0.1) is 0 Å². The maximum atomic E-state index is 6.08. The second-order valence-electron chi connectivity index (χ2n) is 5.23. The van der Waals surface area contributed by atoms with Gasteiger partial charge in [0.05, 0.1) is 11.7 Å². The van der Waals surface area contributed by atoms with Crippen LogP contribution in [0.5, 0.6) is 0 Å². The van der Waals surface area contributed by atoms with Gasteiger partial charge in [0.2, 0.25) is 0 Å². The van der Waals surface area contributed by atoms with Gasteiger partial charge in [0.15, 0.2) is 0 Å². The van der Waals surface area contributed by atoms with Gasteiger partial charge in [-0.1, -0.05) is 13.8 Å². The number of rotatable bonds is 7. The molecule has 1 atom stereocenters. The highest BCUT2D eigenvalue weighted by atomic mass is 15.3. The number of likely N-dealkylation sites (N-methyl/N-ethyl adjacent to an activating group) is 1. The Bertz CT molecular complexity index is 549. The molecule has 0 saturated carbocycles. The van der Waals surface area contributed by atoms with Gasteiger partial charge in [-0.15, -0.1) is 0 Å². The Morgan fingerprint density at radius 3 is 2.57 bits per heavy atom. The summed E-state index contributed by atoms with van der Waals surface area (Å²) in [6, 6.07) is 4.31. The lowest BCUT2D eigenvalue weighted by Gasteiger charge is -2.30. The third-order valence-electron chi connectivity index (χ3n) is 3.84. The molecular formula is C16H25N5. The van der Waals surface area contributed by atoms with E-state index < -0.39 is 0 Å². The lowest BCUT2D eigenvalue weighted by Crippen LogP contribution is -2.33. The summed E-state index contributed by atoms with van der Waals surface area (Å²) in [7, 11) is 1.97. The second-order valence-corrected chi connectivity index (χ2v) is 5.23. The van der Waals surface area contributed by atoms with Crippen LogP contribution in [0.1, 0.15) is 36.7 Å². The topological polar surface area (TPSA) is 60.0 Å². The molecule has 2 heterocycles. The minimum absolute atomic E-state index is 0.201. The van der Waals surface area contributed by atoms with E-state index in [2.05, 4.69) is 47.2 Å². The summed E-state index contributed by atoms with van der Waals surface area (Å²) < 4.78 is 1.89. The van der Waals surface area contributed by atoms with Crippen molar-refractivity contribution in [3.63, 3.8) is 0 Å². The van der Waals surface area contributed by atoms with Crippen LogP contribution < -0.4 is 5.73 Å². The van der Waals surface area contributed by atoms with Gasteiger partial charge in [-0.3, -0.25) is 14.6 Å². The molecule has 0 saturated heterocycles. The monoisotopic (exact) mass is 287 g/mol. The molecule has 0 radical (unpaired) electrons. The molecular weight excluding hydrogens is 262 g/mol. The maximum Gasteiger partial charge on any atom is 0.0670 e. The van der Waals surface area contributed by atoms with Gasteiger partial charge in [-0.25, -0.2) is 0 Å². The molecule has 21 heavy (non-hydrogen) atoms. The van der Waals surface area contributed by atoms with E-state index in [0.29, 0.717) is 6.54 Å². The first-order valence-electron chi connectivity index (χ1n) is 7.55. The summed E-state index contributed by atoms with van der Waals surface area (Å²) in [5.74, 6) is 0. The molecule has 1 unspecified atom stereocenters. The highest BCUT2D eigenvalue weighted by molar-refractivity contribution is 5.22.